The van der Waals surface area contributed by atoms with E-state index in [0.717, 1.165) is 24.1 Å². The van der Waals surface area contributed by atoms with E-state index in [0.29, 0.717) is 18.0 Å². The van der Waals surface area contributed by atoms with Gasteiger partial charge in [0.05, 0.1) is 0 Å². The van der Waals surface area contributed by atoms with Gasteiger partial charge >= 0.3 is 0 Å². The predicted octanol–water partition coefficient (Wildman–Crippen LogP) is 2.78. The Bertz CT molecular complexity index is 474. The first kappa shape index (κ1) is 13.9. The second kappa shape index (κ2) is 6.15. The van der Waals surface area contributed by atoms with Crippen molar-refractivity contribution in [2.24, 2.45) is 0 Å². The van der Waals surface area contributed by atoms with Crippen LogP contribution in [0.25, 0.3) is 0 Å². The molecule has 0 radical (unpaired) electrons. The molecule has 1 aromatic rings. The summed E-state index contributed by atoms with van der Waals surface area (Å²) >= 11 is 5.77. The van der Waals surface area contributed by atoms with E-state index in [1.807, 2.05) is 24.3 Å². The first-order chi connectivity index (χ1) is 9.78. The molecule has 20 heavy (non-hydrogen) atoms. The molecular weight excluding hydrogens is 272 g/mol. The lowest BCUT2D eigenvalue weighted by Crippen LogP contribution is -2.46. The monoisotopic (exact) mass is 292 g/mol. The Morgan fingerprint density at radius 1 is 1.20 bits per heavy atom. The van der Waals surface area contributed by atoms with Crippen LogP contribution < -0.4 is 5.32 Å². The van der Waals surface area contributed by atoms with E-state index >= 15 is 0 Å². The fraction of sp³-hybridized carbons (Fsp3) is 0.562. The van der Waals surface area contributed by atoms with Crippen LogP contribution in [0.1, 0.15) is 41.6 Å². The lowest BCUT2D eigenvalue weighted by molar-refractivity contribution is 0.0915. The standard InChI is InChI=1S/C16H21ClN2O/c17-11-12-4-6-13(7-5-12)16(20)18-14-8-10-19-9-2-1-3-15(14)19/h4-7,14-15H,1-3,8-11H2,(H,18,20). The molecule has 2 atom stereocenters. The number of alkyl halides is 1. The maximum atomic E-state index is 12.3. The van der Waals surface area contributed by atoms with Crippen molar-refractivity contribution < 1.29 is 4.79 Å². The van der Waals surface area contributed by atoms with Gasteiger partial charge < -0.3 is 5.32 Å². The number of fused-ring (bicyclic) bond motifs is 1. The van der Waals surface area contributed by atoms with Crippen LogP contribution in [0.15, 0.2) is 24.3 Å². The summed E-state index contributed by atoms with van der Waals surface area (Å²) in [5.41, 5.74) is 1.77. The number of nitrogens with zero attached hydrogens (tertiary/aromatic N) is 1. The fourth-order valence-corrected chi connectivity index (χ4v) is 3.59. The van der Waals surface area contributed by atoms with Crippen LogP contribution in [0.5, 0.6) is 0 Å². The molecule has 0 aromatic heterocycles. The highest BCUT2D eigenvalue weighted by Crippen LogP contribution is 2.27. The van der Waals surface area contributed by atoms with Gasteiger partial charge in [-0.1, -0.05) is 18.6 Å². The third-order valence-electron chi connectivity index (χ3n) is 4.54. The Morgan fingerprint density at radius 3 is 2.75 bits per heavy atom. The van der Waals surface area contributed by atoms with E-state index in [9.17, 15) is 4.79 Å². The normalized spacial score (nSPS) is 26.2. The number of benzene rings is 1. The number of amides is 1. The Labute approximate surface area is 125 Å². The molecule has 4 heteroatoms. The molecule has 2 saturated heterocycles. The Balaban J connectivity index is 1.63. The summed E-state index contributed by atoms with van der Waals surface area (Å²) in [5, 5.41) is 3.22. The minimum absolute atomic E-state index is 0.0449. The second-order valence-electron chi connectivity index (χ2n) is 5.80. The molecule has 0 bridgehead atoms. The number of nitrogens with one attached hydrogen (secondary N) is 1. The zero-order valence-electron chi connectivity index (χ0n) is 11.6. The van der Waals surface area contributed by atoms with E-state index in [2.05, 4.69) is 10.2 Å². The molecule has 0 saturated carbocycles. The predicted molar refractivity (Wildman–Crippen MR) is 81.1 cm³/mol. The maximum Gasteiger partial charge on any atom is 0.251 e. The molecule has 2 aliphatic heterocycles. The molecule has 2 fully saturated rings. The summed E-state index contributed by atoms with van der Waals surface area (Å²) in [7, 11) is 0. The summed E-state index contributed by atoms with van der Waals surface area (Å²) in [6.45, 7) is 2.32. The van der Waals surface area contributed by atoms with Crippen molar-refractivity contribution in [2.45, 2.75) is 43.6 Å². The number of halogens is 1. The molecule has 1 aromatic carbocycles. The van der Waals surface area contributed by atoms with Gasteiger partial charge in [0, 0.05) is 30.1 Å². The van der Waals surface area contributed by atoms with E-state index in [-0.39, 0.29) is 5.91 Å². The highest BCUT2D eigenvalue weighted by Gasteiger charge is 2.36. The molecule has 2 heterocycles. The van der Waals surface area contributed by atoms with Gasteiger partial charge in [0.2, 0.25) is 0 Å². The minimum atomic E-state index is 0.0449. The van der Waals surface area contributed by atoms with Crippen LogP contribution in [0, 0.1) is 0 Å². The van der Waals surface area contributed by atoms with Gasteiger partial charge in [0.25, 0.3) is 5.91 Å². The quantitative estimate of drug-likeness (QED) is 0.869. The van der Waals surface area contributed by atoms with Gasteiger partial charge in [-0.05, 0) is 43.5 Å². The summed E-state index contributed by atoms with van der Waals surface area (Å²) in [6.07, 6.45) is 4.89. The zero-order chi connectivity index (χ0) is 13.9. The molecule has 1 N–H and O–H groups in total. The molecule has 0 aliphatic carbocycles. The highest BCUT2D eigenvalue weighted by molar-refractivity contribution is 6.17. The van der Waals surface area contributed by atoms with Crippen LogP contribution in [0.2, 0.25) is 0 Å². The van der Waals surface area contributed by atoms with E-state index in [1.165, 1.54) is 25.8 Å². The van der Waals surface area contributed by atoms with Crippen LogP contribution in [-0.2, 0) is 5.88 Å². The van der Waals surface area contributed by atoms with Gasteiger partial charge in [-0.3, -0.25) is 9.69 Å². The van der Waals surface area contributed by atoms with Crippen molar-refractivity contribution >= 4 is 17.5 Å². The topological polar surface area (TPSA) is 32.3 Å². The van der Waals surface area contributed by atoms with E-state index in [4.69, 9.17) is 11.6 Å². The Kier molecular flexibility index (Phi) is 4.27. The number of hydrogen-bond donors (Lipinski definition) is 1. The average Bonchev–Trinajstić information content (AvgIpc) is 2.91. The van der Waals surface area contributed by atoms with Gasteiger partial charge in [0.1, 0.15) is 0 Å². The van der Waals surface area contributed by atoms with E-state index in [1.54, 1.807) is 0 Å². The van der Waals surface area contributed by atoms with Crippen LogP contribution >= 0.6 is 11.6 Å². The van der Waals surface area contributed by atoms with Crippen molar-refractivity contribution in [1.82, 2.24) is 10.2 Å². The molecule has 3 nitrogen and oxygen atoms in total. The molecule has 2 aliphatic rings. The SMILES string of the molecule is O=C(NC1CCN2CCCCC12)c1ccc(CCl)cc1. The summed E-state index contributed by atoms with van der Waals surface area (Å²) in [5.74, 6) is 0.533. The number of rotatable bonds is 3. The summed E-state index contributed by atoms with van der Waals surface area (Å²) in [4.78, 5) is 14.8. The van der Waals surface area contributed by atoms with Crippen molar-refractivity contribution in [2.75, 3.05) is 13.1 Å². The molecule has 3 rings (SSSR count). The second-order valence-corrected chi connectivity index (χ2v) is 6.07. The fourth-order valence-electron chi connectivity index (χ4n) is 3.41. The maximum absolute atomic E-state index is 12.3. The highest BCUT2D eigenvalue weighted by atomic mass is 35.5. The lowest BCUT2D eigenvalue weighted by Gasteiger charge is -2.32. The smallest absolute Gasteiger partial charge is 0.251 e. The largest absolute Gasteiger partial charge is 0.348 e. The minimum Gasteiger partial charge on any atom is -0.348 e. The number of carbonyl (C=O) groups is 1. The van der Waals surface area contributed by atoms with Crippen LogP contribution in [-0.4, -0.2) is 36.0 Å². The molecule has 2 unspecified atom stereocenters. The van der Waals surface area contributed by atoms with Gasteiger partial charge in [-0.15, -0.1) is 11.6 Å². The molecule has 0 spiro atoms. The Morgan fingerprint density at radius 2 is 2.00 bits per heavy atom. The third-order valence-corrected chi connectivity index (χ3v) is 4.85. The third kappa shape index (κ3) is 2.84. The zero-order valence-corrected chi connectivity index (χ0v) is 12.4. The van der Waals surface area contributed by atoms with Crippen molar-refractivity contribution in [3.05, 3.63) is 35.4 Å². The number of hydrogen-bond acceptors (Lipinski definition) is 2. The molecular formula is C16H21ClN2O. The van der Waals surface area contributed by atoms with Gasteiger partial charge in [-0.25, -0.2) is 0 Å². The first-order valence-electron chi connectivity index (χ1n) is 7.48. The number of piperidine rings is 1. The Hall–Kier alpha value is -1.06. The average molecular weight is 293 g/mol. The lowest BCUT2D eigenvalue weighted by atomic mass is 9.98. The van der Waals surface area contributed by atoms with Gasteiger partial charge in [0.15, 0.2) is 0 Å². The molecule has 1 amide bonds. The summed E-state index contributed by atoms with van der Waals surface area (Å²) in [6, 6.07) is 8.43. The van der Waals surface area contributed by atoms with Crippen LogP contribution in [0.3, 0.4) is 0 Å². The van der Waals surface area contributed by atoms with Gasteiger partial charge in [-0.2, -0.15) is 0 Å². The molecule has 108 valence electrons. The summed E-state index contributed by atoms with van der Waals surface area (Å²) < 4.78 is 0. The van der Waals surface area contributed by atoms with Crippen molar-refractivity contribution in [3.8, 4) is 0 Å². The van der Waals surface area contributed by atoms with E-state index < -0.39 is 0 Å². The number of carbonyl (C=O) groups excluding carboxylic acids is 1. The first-order valence-corrected chi connectivity index (χ1v) is 8.01. The van der Waals surface area contributed by atoms with Crippen molar-refractivity contribution in [1.29, 1.82) is 0 Å². The van der Waals surface area contributed by atoms with Crippen LogP contribution in [0.4, 0.5) is 0 Å². The van der Waals surface area contributed by atoms with Crippen molar-refractivity contribution in [3.63, 3.8) is 0 Å².